The number of carboxylic acid groups (broad SMARTS) is 1. The third kappa shape index (κ3) is 7.82. The van der Waals surface area contributed by atoms with Crippen molar-refractivity contribution in [1.82, 2.24) is 19.9 Å². The number of methoxy groups -OCH3 is 1. The number of fused-ring (bicyclic) bond motifs is 2. The number of pyridine rings is 1. The number of rotatable bonds is 15. The minimum Gasteiger partial charge on any atom is -0.480 e. The number of ether oxygens (including phenoxy) is 1. The van der Waals surface area contributed by atoms with Crippen molar-refractivity contribution in [2.45, 2.75) is 50.7 Å². The van der Waals surface area contributed by atoms with E-state index >= 15 is 0 Å². The Morgan fingerprint density at radius 1 is 1.21 bits per heavy atom. The molecule has 0 fully saturated rings. The fourth-order valence-electron chi connectivity index (χ4n) is 4.81. The van der Waals surface area contributed by atoms with Crippen LogP contribution in [0, 0.1) is 0 Å². The number of benzene rings is 1. The lowest BCUT2D eigenvalue weighted by molar-refractivity contribution is -0.138. The van der Waals surface area contributed by atoms with Gasteiger partial charge in [-0.2, -0.15) is 0 Å². The maximum Gasteiger partial charge on any atom is 0.326 e. The maximum atomic E-state index is 14.5. The molecule has 204 valence electrons. The van der Waals surface area contributed by atoms with Crippen LogP contribution in [0.3, 0.4) is 0 Å². The maximum absolute atomic E-state index is 14.5. The number of aryl methyl sites for hydroxylation is 2. The molecule has 0 saturated carbocycles. The van der Waals surface area contributed by atoms with Crippen LogP contribution in [0.2, 0.25) is 0 Å². The van der Waals surface area contributed by atoms with E-state index in [0.29, 0.717) is 25.3 Å². The summed E-state index contributed by atoms with van der Waals surface area (Å²) in [6, 6.07) is 10.8. The molecule has 0 spiro atoms. The van der Waals surface area contributed by atoms with Crippen molar-refractivity contribution in [3.05, 3.63) is 54.0 Å². The van der Waals surface area contributed by atoms with E-state index in [1.54, 1.807) is 0 Å². The highest BCUT2D eigenvalue weighted by atomic mass is 19.1. The van der Waals surface area contributed by atoms with Crippen LogP contribution in [-0.2, 0) is 22.4 Å². The lowest BCUT2D eigenvalue weighted by Crippen LogP contribution is -2.38. The van der Waals surface area contributed by atoms with E-state index in [2.05, 4.69) is 32.7 Å². The molecule has 0 aliphatic carbocycles. The summed E-state index contributed by atoms with van der Waals surface area (Å²) in [6.45, 7) is 2.26. The van der Waals surface area contributed by atoms with Gasteiger partial charge in [-0.3, -0.25) is 0 Å². The Morgan fingerprint density at radius 2 is 2.08 bits per heavy atom. The van der Waals surface area contributed by atoms with Crippen LogP contribution in [0.4, 0.5) is 16.0 Å². The first kappa shape index (κ1) is 27.7. The molecule has 1 aliphatic heterocycles. The Hall–Kier alpha value is -3.37. The Bertz CT molecular complexity index is 1190. The largest absolute Gasteiger partial charge is 0.480 e. The molecular weight excluding hydrogens is 487 g/mol. The first-order valence-corrected chi connectivity index (χ1v) is 13.3. The van der Waals surface area contributed by atoms with Crippen LogP contribution in [0.15, 0.2) is 42.7 Å². The molecule has 0 unspecified atom stereocenters. The molecule has 0 bridgehead atoms. The second-order valence-electron chi connectivity index (χ2n) is 9.71. The van der Waals surface area contributed by atoms with Crippen LogP contribution in [0.5, 0.6) is 0 Å². The van der Waals surface area contributed by atoms with Gasteiger partial charge in [0.1, 0.15) is 30.2 Å². The van der Waals surface area contributed by atoms with Crippen LogP contribution in [-0.4, -0.2) is 83.0 Å². The van der Waals surface area contributed by atoms with Crippen molar-refractivity contribution in [3.8, 4) is 0 Å². The predicted octanol–water partition coefficient (Wildman–Crippen LogP) is 3.95. The predicted molar refractivity (Wildman–Crippen MR) is 146 cm³/mol. The van der Waals surface area contributed by atoms with Crippen molar-refractivity contribution >= 4 is 28.5 Å². The summed E-state index contributed by atoms with van der Waals surface area (Å²) in [4.78, 5) is 27.3. The van der Waals surface area contributed by atoms with E-state index < -0.39 is 18.2 Å². The number of carboxylic acids is 1. The number of halogens is 1. The molecule has 1 aromatic carbocycles. The molecule has 3 N–H and O–H groups in total. The normalized spacial score (nSPS) is 14.6. The molecule has 9 nitrogen and oxygen atoms in total. The van der Waals surface area contributed by atoms with Crippen LogP contribution >= 0.6 is 0 Å². The third-order valence-corrected chi connectivity index (χ3v) is 6.80. The second-order valence-corrected chi connectivity index (χ2v) is 9.71. The fourth-order valence-corrected chi connectivity index (χ4v) is 4.81. The van der Waals surface area contributed by atoms with Gasteiger partial charge in [0.25, 0.3) is 0 Å². The van der Waals surface area contributed by atoms with Gasteiger partial charge in [-0.05, 0) is 68.8 Å². The van der Waals surface area contributed by atoms with Crippen LogP contribution in [0.1, 0.15) is 36.9 Å². The molecule has 2 atom stereocenters. The topological polar surface area (TPSA) is 113 Å². The Morgan fingerprint density at radius 3 is 2.92 bits per heavy atom. The lowest BCUT2D eigenvalue weighted by atomic mass is 10.1. The van der Waals surface area contributed by atoms with E-state index in [-0.39, 0.29) is 13.2 Å². The van der Waals surface area contributed by atoms with Crippen LogP contribution in [0.25, 0.3) is 10.9 Å². The SMILES string of the molecule is COC[C@@H](F)CN(CCCCc1ccc2c(n1)NCCC2)CC[C@H](Nc1ncnc2ccccc12)C(=O)O. The minimum absolute atomic E-state index is 0.01000. The van der Waals surface area contributed by atoms with Gasteiger partial charge in [0.2, 0.25) is 0 Å². The van der Waals surface area contributed by atoms with Gasteiger partial charge in [-0.25, -0.2) is 24.1 Å². The molecule has 10 heteroatoms. The van der Waals surface area contributed by atoms with E-state index in [4.69, 9.17) is 9.72 Å². The van der Waals surface area contributed by atoms with Crippen molar-refractivity contribution in [2.75, 3.05) is 50.5 Å². The Kier molecular flexibility index (Phi) is 10.2. The summed E-state index contributed by atoms with van der Waals surface area (Å²) in [6.07, 6.45) is 5.39. The van der Waals surface area contributed by atoms with E-state index in [1.807, 2.05) is 29.2 Å². The number of alkyl halides is 1. The summed E-state index contributed by atoms with van der Waals surface area (Å²) >= 11 is 0. The number of hydrogen-bond donors (Lipinski definition) is 3. The van der Waals surface area contributed by atoms with Crippen molar-refractivity contribution in [1.29, 1.82) is 0 Å². The monoisotopic (exact) mass is 524 g/mol. The molecule has 3 aromatic rings. The van der Waals surface area contributed by atoms with Crippen molar-refractivity contribution < 1.29 is 19.0 Å². The number of unbranched alkanes of at least 4 members (excludes halogenated alkanes) is 1. The Labute approximate surface area is 222 Å². The summed E-state index contributed by atoms with van der Waals surface area (Å²) in [5.74, 6) is 0.497. The number of aromatic nitrogens is 3. The first-order valence-electron chi connectivity index (χ1n) is 13.3. The lowest BCUT2D eigenvalue weighted by Gasteiger charge is -2.26. The average molecular weight is 525 g/mol. The molecule has 0 radical (unpaired) electrons. The molecule has 4 rings (SSSR count). The van der Waals surface area contributed by atoms with Crippen molar-refractivity contribution in [2.24, 2.45) is 0 Å². The number of aliphatic carboxylic acids is 1. The molecule has 0 amide bonds. The molecule has 38 heavy (non-hydrogen) atoms. The zero-order valence-electron chi connectivity index (χ0n) is 21.9. The van der Waals surface area contributed by atoms with Gasteiger partial charge in [-0.15, -0.1) is 0 Å². The first-order chi connectivity index (χ1) is 18.5. The summed E-state index contributed by atoms with van der Waals surface area (Å²) in [5.41, 5.74) is 3.06. The zero-order chi connectivity index (χ0) is 26.7. The van der Waals surface area contributed by atoms with Gasteiger partial charge < -0.3 is 25.4 Å². The Balaban J connectivity index is 1.33. The standard InChI is InChI=1S/C28H37FN6O3/c1-38-18-21(29)17-35(15-5-4-8-22-12-11-20-7-6-14-30-26(20)33-22)16-13-25(28(36)37)34-27-23-9-2-3-10-24(23)31-19-32-27/h2-3,9-12,19,21,25H,4-8,13-18H2,1H3,(H,30,33)(H,36,37)(H,31,32,34)/t21-,25-/m0/s1. The fraction of sp³-hybridized carbons (Fsp3) is 0.500. The summed E-state index contributed by atoms with van der Waals surface area (Å²) < 4.78 is 19.4. The highest BCUT2D eigenvalue weighted by Crippen LogP contribution is 2.21. The van der Waals surface area contributed by atoms with Gasteiger partial charge >= 0.3 is 5.97 Å². The van der Waals surface area contributed by atoms with Crippen LogP contribution < -0.4 is 10.6 Å². The quantitative estimate of drug-likeness (QED) is 0.254. The van der Waals surface area contributed by atoms with E-state index in [1.165, 1.54) is 19.0 Å². The average Bonchev–Trinajstić information content (AvgIpc) is 2.93. The number of hydrogen-bond acceptors (Lipinski definition) is 8. The zero-order valence-corrected chi connectivity index (χ0v) is 21.9. The molecule has 1 aliphatic rings. The van der Waals surface area contributed by atoms with E-state index in [0.717, 1.165) is 61.1 Å². The molecule has 3 heterocycles. The third-order valence-electron chi connectivity index (χ3n) is 6.80. The summed E-state index contributed by atoms with van der Waals surface area (Å²) in [5, 5.41) is 17.1. The number of para-hydroxylation sites is 1. The molecular formula is C28H37FN6O3. The van der Waals surface area contributed by atoms with Crippen molar-refractivity contribution in [3.63, 3.8) is 0 Å². The number of nitrogens with one attached hydrogen (secondary N) is 2. The molecule has 2 aromatic heterocycles. The number of nitrogens with zero attached hydrogens (tertiary/aromatic N) is 4. The van der Waals surface area contributed by atoms with E-state index in [9.17, 15) is 14.3 Å². The highest BCUT2D eigenvalue weighted by Gasteiger charge is 2.22. The van der Waals surface area contributed by atoms with Gasteiger partial charge in [0, 0.05) is 37.8 Å². The minimum atomic E-state index is -1.14. The van der Waals surface area contributed by atoms with Gasteiger partial charge in [0.05, 0.1) is 12.1 Å². The second kappa shape index (κ2) is 14.0. The summed E-state index contributed by atoms with van der Waals surface area (Å²) in [7, 11) is 1.48. The van der Waals surface area contributed by atoms with Gasteiger partial charge in [-0.1, -0.05) is 18.2 Å². The number of anilines is 2. The smallest absolute Gasteiger partial charge is 0.326 e. The van der Waals surface area contributed by atoms with Gasteiger partial charge in [0.15, 0.2) is 0 Å². The highest BCUT2D eigenvalue weighted by molar-refractivity contribution is 5.90. The number of carbonyl (C=O) groups is 1. The molecule has 0 saturated heterocycles.